The van der Waals surface area contributed by atoms with Crippen LogP contribution in [0.5, 0.6) is 0 Å². The van der Waals surface area contributed by atoms with Crippen molar-refractivity contribution in [2.75, 3.05) is 0 Å². The number of hydrogen-bond acceptors (Lipinski definition) is 0. The molecule has 0 radical (unpaired) electrons. The topological polar surface area (TPSA) is 0 Å². The fourth-order valence-corrected chi connectivity index (χ4v) is 0. The summed E-state index contributed by atoms with van der Waals surface area (Å²) in [5.41, 5.74) is 0. The van der Waals surface area contributed by atoms with E-state index in [0.717, 1.165) is 0 Å². The van der Waals surface area contributed by atoms with Crippen LogP contribution < -0.4 is 0 Å². The molecule has 0 N–H and O–H groups in total. The normalized spacial score (nSPS) is 2.50. The van der Waals surface area contributed by atoms with Gasteiger partial charge in [-0.3, -0.25) is 0 Å². The van der Waals surface area contributed by atoms with Gasteiger partial charge in [-0.05, 0) is 0 Å². The van der Waals surface area contributed by atoms with Gasteiger partial charge >= 0.3 is 71.0 Å². The Labute approximate surface area is 69.3 Å². The summed E-state index contributed by atoms with van der Waals surface area (Å²) in [6.07, 6.45) is 0. The van der Waals surface area contributed by atoms with E-state index in [4.69, 9.17) is 0 Å². The summed E-state index contributed by atoms with van der Waals surface area (Å²) in [6, 6.07) is 0. The molecule has 0 rings (SSSR count). The second-order valence-corrected chi connectivity index (χ2v) is 0. The molecule has 0 aliphatic carbocycles. The molecule has 0 fully saturated rings. The molecule has 0 spiro atoms. The summed E-state index contributed by atoms with van der Waals surface area (Å²) in [7, 11) is 0. The van der Waals surface area contributed by atoms with E-state index in [1.54, 1.807) is 32.3 Å². The third-order valence-electron chi connectivity index (χ3n) is 0. The Morgan fingerprint density at radius 3 is 0.750 bits per heavy atom. The van der Waals surface area contributed by atoms with Crippen molar-refractivity contribution in [3.63, 3.8) is 0 Å². The Kier molecular flexibility index (Phi) is 42.2. The zero-order valence-electron chi connectivity index (χ0n) is 1.57. The van der Waals surface area contributed by atoms with Gasteiger partial charge in [-0.1, -0.05) is 0 Å². The molecule has 4 heavy (non-hydrogen) atoms. The van der Waals surface area contributed by atoms with E-state index in [0.29, 0.717) is 0 Å². The molecule has 0 bridgehead atoms. The molecule has 0 saturated carbocycles. The monoisotopic (exact) mass is 622 g/mol. The van der Waals surface area contributed by atoms with E-state index in [1.165, 1.54) is 0 Å². The van der Waals surface area contributed by atoms with Gasteiger partial charge in [0.2, 0.25) is 0 Å². The number of rotatable bonds is 0. The molecule has 0 aromatic heterocycles. The fraction of sp³-hybridized carbons (Fsp3) is 0. The molecule has 0 aliphatic rings. The second kappa shape index (κ2) is 17.0. The minimum atomic E-state index is 1.55. The Hall–Kier alpha value is 2.84. The summed E-state index contributed by atoms with van der Waals surface area (Å²) < 4.78 is 0. The first-order valence-electron chi connectivity index (χ1n) is 0.309. The van der Waals surface area contributed by atoms with Gasteiger partial charge in [-0.2, -0.15) is 0 Å². The van der Waals surface area contributed by atoms with E-state index in [9.17, 15) is 0 Å². The summed E-state index contributed by atoms with van der Waals surface area (Å²) in [4.78, 5) is 0. The van der Waals surface area contributed by atoms with Crippen LogP contribution in [0.1, 0.15) is 0 Å². The average Bonchev–Trinajstić information content (AvgIpc) is 1.50. The molecule has 0 aromatic rings. The van der Waals surface area contributed by atoms with Crippen molar-refractivity contribution in [1.82, 2.24) is 0 Å². The van der Waals surface area contributed by atoms with Crippen molar-refractivity contribution in [2.24, 2.45) is 0 Å². The molecular formula is I2W2. The van der Waals surface area contributed by atoms with Gasteiger partial charge in [0, 0.05) is 0 Å². The van der Waals surface area contributed by atoms with Gasteiger partial charge < -0.3 is 0 Å². The van der Waals surface area contributed by atoms with Gasteiger partial charge in [0.1, 0.15) is 0 Å². The van der Waals surface area contributed by atoms with E-state index < -0.39 is 0 Å². The van der Waals surface area contributed by atoms with Crippen LogP contribution in [-0.4, -0.2) is 0 Å². The molecule has 0 heterocycles. The Morgan fingerprint density at radius 1 is 0.750 bits per heavy atom. The molecule has 0 saturated heterocycles. The van der Waals surface area contributed by atoms with Gasteiger partial charge in [0.05, 0.1) is 0 Å². The fourth-order valence-electron chi connectivity index (χ4n) is 0. The van der Waals surface area contributed by atoms with Crippen molar-refractivity contribution in [3.8, 4) is 0 Å². The van der Waals surface area contributed by atoms with Crippen LogP contribution in [0, 0.1) is 0 Å². The molecule has 0 aromatic carbocycles. The Morgan fingerprint density at radius 2 is 0.750 bits per heavy atom. The van der Waals surface area contributed by atoms with E-state index in [2.05, 4.69) is 38.7 Å². The molecule has 26 valence electrons. The van der Waals surface area contributed by atoms with Gasteiger partial charge in [-0.15, -0.1) is 0 Å². The molecule has 0 unspecified atom stereocenters. The molecule has 0 nitrogen and oxygen atoms in total. The molecule has 0 aliphatic heterocycles. The average molecular weight is 621 g/mol. The van der Waals surface area contributed by atoms with Gasteiger partial charge in [0.25, 0.3) is 0 Å². The summed E-state index contributed by atoms with van der Waals surface area (Å²) in [5, 5.41) is 0. The number of hydrogen-bond donors (Lipinski definition) is 0. The van der Waals surface area contributed by atoms with Gasteiger partial charge in [0.15, 0.2) is 0 Å². The van der Waals surface area contributed by atoms with Crippen LogP contribution in [-0.2, 0) is 32.3 Å². The van der Waals surface area contributed by atoms with Crippen molar-refractivity contribution in [2.45, 2.75) is 0 Å². The first kappa shape index (κ1) is 9.96. The Bertz CT molecular complexity index is 4.00. The predicted molar refractivity (Wildman–Crippen MR) is 28.0 cm³/mol. The first-order chi connectivity index (χ1) is 2.00. The van der Waals surface area contributed by atoms with Crippen LogP contribution in [0.3, 0.4) is 0 Å². The van der Waals surface area contributed by atoms with E-state index in [-0.39, 0.29) is 0 Å². The molecule has 0 amide bonds. The second-order valence-electron chi connectivity index (χ2n) is 0. The number of halogens is 2. The first-order valence-corrected chi connectivity index (χ1v) is 16.9. The van der Waals surface area contributed by atoms with Crippen LogP contribution in [0.4, 0.5) is 0 Å². The Balaban J connectivity index is 0. The van der Waals surface area contributed by atoms with Gasteiger partial charge in [-0.25, -0.2) is 0 Å². The van der Waals surface area contributed by atoms with Crippen LogP contribution >= 0.6 is 38.7 Å². The molecular weight excluding hydrogens is 621 g/mol. The molecule has 0 atom stereocenters. The van der Waals surface area contributed by atoms with Crippen molar-refractivity contribution in [3.05, 3.63) is 0 Å². The third-order valence-corrected chi connectivity index (χ3v) is 0. The van der Waals surface area contributed by atoms with E-state index >= 15 is 0 Å². The quantitative estimate of drug-likeness (QED) is 0.362. The van der Waals surface area contributed by atoms with Crippen molar-refractivity contribution in [1.29, 1.82) is 0 Å². The van der Waals surface area contributed by atoms with Crippen molar-refractivity contribution < 1.29 is 32.3 Å². The van der Waals surface area contributed by atoms with Crippen LogP contribution in [0.25, 0.3) is 0 Å². The van der Waals surface area contributed by atoms with E-state index in [1.807, 2.05) is 0 Å². The minimum absolute atomic E-state index is 1.55. The maximum atomic E-state index is 2.23. The zero-order chi connectivity index (χ0) is 4.00. The predicted octanol–water partition coefficient (Wildman–Crippen LogP) is 1.77. The summed E-state index contributed by atoms with van der Waals surface area (Å²) in [5.74, 6) is 0. The zero-order valence-corrected chi connectivity index (χ0v) is 11.8. The maximum absolute atomic E-state index is 2.23. The van der Waals surface area contributed by atoms with Crippen LogP contribution in [0.2, 0.25) is 0 Å². The molecule has 4 heteroatoms. The van der Waals surface area contributed by atoms with Crippen LogP contribution in [0.15, 0.2) is 0 Å². The SMILES string of the molecule is [I][W].[I][W]. The summed E-state index contributed by atoms with van der Waals surface area (Å²) >= 11 is 7.57. The third kappa shape index (κ3) is 8.85. The standard InChI is InChI=1S/2HI.2W/h2*1H;;/q;;2*+1/p-2. The van der Waals surface area contributed by atoms with Crippen molar-refractivity contribution >= 4 is 38.7 Å². The summed E-state index contributed by atoms with van der Waals surface area (Å²) in [6.45, 7) is 0.